The zero-order chi connectivity index (χ0) is 20.6. The molecule has 1 heterocycles. The van der Waals surface area contributed by atoms with E-state index in [9.17, 15) is 4.79 Å². The van der Waals surface area contributed by atoms with Gasteiger partial charge in [0, 0.05) is 36.3 Å². The fourth-order valence-electron chi connectivity index (χ4n) is 2.93. The van der Waals surface area contributed by atoms with Crippen molar-refractivity contribution in [3.63, 3.8) is 0 Å². The lowest BCUT2D eigenvalue weighted by Gasteiger charge is -2.14. The Kier molecular flexibility index (Phi) is 9.49. The number of halogens is 1. The van der Waals surface area contributed by atoms with Crippen molar-refractivity contribution in [1.82, 2.24) is 15.6 Å². The molecule has 0 saturated heterocycles. The molecule has 0 saturated carbocycles. The number of benzene rings is 2. The van der Waals surface area contributed by atoms with Crippen molar-refractivity contribution >= 4 is 34.2 Å². The van der Waals surface area contributed by atoms with Crippen LogP contribution in [0.3, 0.4) is 0 Å². The molecule has 0 bridgehead atoms. The van der Waals surface area contributed by atoms with Crippen LogP contribution in [0.5, 0.6) is 5.75 Å². The van der Waals surface area contributed by atoms with E-state index in [0.29, 0.717) is 37.1 Å². The van der Waals surface area contributed by atoms with Crippen molar-refractivity contribution in [3.8, 4) is 16.3 Å². The van der Waals surface area contributed by atoms with E-state index < -0.39 is 0 Å². The SMILES string of the molecule is Br.CCOc1ccc(CNC(C)C)cc1C(=O)NCc1cccc(-c2nccs2)c1. The summed E-state index contributed by atoms with van der Waals surface area (Å²) in [7, 11) is 0. The van der Waals surface area contributed by atoms with Crippen molar-refractivity contribution in [2.75, 3.05) is 6.61 Å². The molecule has 3 aromatic rings. The average molecular weight is 490 g/mol. The quantitative estimate of drug-likeness (QED) is 0.432. The first-order valence-corrected chi connectivity index (χ1v) is 10.7. The molecule has 0 fully saturated rings. The molecule has 0 radical (unpaired) electrons. The lowest BCUT2D eigenvalue weighted by molar-refractivity contribution is 0.0947. The molecule has 0 spiro atoms. The van der Waals surface area contributed by atoms with E-state index in [1.807, 2.05) is 48.7 Å². The van der Waals surface area contributed by atoms with Crippen molar-refractivity contribution in [2.45, 2.75) is 39.9 Å². The van der Waals surface area contributed by atoms with Gasteiger partial charge in [-0.3, -0.25) is 4.79 Å². The number of rotatable bonds is 9. The van der Waals surface area contributed by atoms with Gasteiger partial charge in [-0.1, -0.05) is 38.1 Å². The molecule has 1 amide bonds. The summed E-state index contributed by atoms with van der Waals surface area (Å²) >= 11 is 1.60. The molecular formula is C23H28BrN3O2S. The van der Waals surface area contributed by atoms with Crippen molar-refractivity contribution in [1.29, 1.82) is 0 Å². The third kappa shape index (κ3) is 6.65. The highest BCUT2D eigenvalue weighted by Gasteiger charge is 2.14. The third-order valence-electron chi connectivity index (χ3n) is 4.36. The topological polar surface area (TPSA) is 63.2 Å². The number of amides is 1. The van der Waals surface area contributed by atoms with E-state index >= 15 is 0 Å². The summed E-state index contributed by atoms with van der Waals surface area (Å²) in [6, 6.07) is 14.2. The van der Waals surface area contributed by atoms with Crippen LogP contribution >= 0.6 is 28.3 Å². The minimum absolute atomic E-state index is 0. The zero-order valence-electron chi connectivity index (χ0n) is 17.5. The number of hydrogen-bond acceptors (Lipinski definition) is 5. The normalized spacial score (nSPS) is 10.5. The standard InChI is InChI=1S/C23H27N3O2S.BrH/c1-4-28-21-9-8-18(14-25-16(2)3)13-20(21)22(27)26-15-17-6-5-7-19(12-17)23-24-10-11-29-23;/h5-13,16,25H,4,14-15H2,1-3H3,(H,26,27);1H. The molecule has 0 atom stereocenters. The molecule has 30 heavy (non-hydrogen) atoms. The van der Waals surface area contributed by atoms with Gasteiger partial charge in [-0.05, 0) is 36.2 Å². The zero-order valence-corrected chi connectivity index (χ0v) is 20.0. The van der Waals surface area contributed by atoms with Crippen LogP contribution in [0.15, 0.2) is 54.0 Å². The van der Waals surface area contributed by atoms with Crippen LogP contribution in [0.1, 0.15) is 42.3 Å². The average Bonchev–Trinajstić information content (AvgIpc) is 3.26. The van der Waals surface area contributed by atoms with Crippen LogP contribution < -0.4 is 15.4 Å². The van der Waals surface area contributed by atoms with E-state index in [1.54, 1.807) is 17.5 Å². The molecule has 2 aromatic carbocycles. The summed E-state index contributed by atoms with van der Waals surface area (Å²) in [6.45, 7) is 7.78. The molecule has 5 nitrogen and oxygen atoms in total. The van der Waals surface area contributed by atoms with E-state index in [1.165, 1.54) is 0 Å². The third-order valence-corrected chi connectivity index (χ3v) is 5.18. The van der Waals surface area contributed by atoms with Crippen molar-refractivity contribution in [2.24, 2.45) is 0 Å². The monoisotopic (exact) mass is 489 g/mol. The Morgan fingerprint density at radius 1 is 1.13 bits per heavy atom. The predicted octanol–water partition coefficient (Wildman–Crippen LogP) is 5.21. The van der Waals surface area contributed by atoms with Crippen LogP contribution in [0, 0.1) is 0 Å². The number of aromatic nitrogens is 1. The first-order chi connectivity index (χ1) is 14.1. The summed E-state index contributed by atoms with van der Waals surface area (Å²) in [5.74, 6) is 0.467. The maximum atomic E-state index is 12.9. The fourth-order valence-corrected chi connectivity index (χ4v) is 3.56. The van der Waals surface area contributed by atoms with Gasteiger partial charge in [-0.15, -0.1) is 28.3 Å². The Morgan fingerprint density at radius 3 is 2.63 bits per heavy atom. The summed E-state index contributed by atoms with van der Waals surface area (Å²) in [5.41, 5.74) is 3.70. The largest absolute Gasteiger partial charge is 0.493 e. The number of carbonyl (C=O) groups excluding carboxylic acids is 1. The van der Waals surface area contributed by atoms with Gasteiger partial charge in [0.1, 0.15) is 10.8 Å². The fraction of sp³-hybridized carbons (Fsp3) is 0.304. The van der Waals surface area contributed by atoms with Gasteiger partial charge in [-0.2, -0.15) is 0 Å². The van der Waals surface area contributed by atoms with Gasteiger partial charge in [0.2, 0.25) is 0 Å². The Bertz CT molecular complexity index is 945. The lowest BCUT2D eigenvalue weighted by Crippen LogP contribution is -2.25. The summed E-state index contributed by atoms with van der Waals surface area (Å²) in [4.78, 5) is 17.2. The summed E-state index contributed by atoms with van der Waals surface area (Å²) < 4.78 is 5.67. The minimum Gasteiger partial charge on any atom is -0.493 e. The van der Waals surface area contributed by atoms with Crippen LogP contribution in [-0.2, 0) is 13.1 Å². The van der Waals surface area contributed by atoms with E-state index in [0.717, 1.165) is 21.7 Å². The molecule has 1 aromatic heterocycles. The highest BCUT2D eigenvalue weighted by atomic mass is 79.9. The number of thiazole rings is 1. The molecule has 0 unspecified atom stereocenters. The van der Waals surface area contributed by atoms with Crippen LogP contribution in [-0.4, -0.2) is 23.5 Å². The number of nitrogens with zero attached hydrogens (tertiary/aromatic N) is 1. The first kappa shape index (κ1) is 24.1. The van der Waals surface area contributed by atoms with Crippen LogP contribution in [0.25, 0.3) is 10.6 Å². The Labute approximate surface area is 192 Å². The number of hydrogen-bond donors (Lipinski definition) is 2. The molecule has 160 valence electrons. The second-order valence-electron chi connectivity index (χ2n) is 7.02. The van der Waals surface area contributed by atoms with E-state index in [2.05, 4.69) is 35.5 Å². The number of carbonyl (C=O) groups is 1. The molecule has 0 aliphatic carbocycles. The van der Waals surface area contributed by atoms with Crippen molar-refractivity contribution in [3.05, 3.63) is 70.7 Å². The van der Waals surface area contributed by atoms with Gasteiger partial charge < -0.3 is 15.4 Å². The van der Waals surface area contributed by atoms with Gasteiger partial charge in [0.15, 0.2) is 0 Å². The van der Waals surface area contributed by atoms with Gasteiger partial charge >= 0.3 is 0 Å². The van der Waals surface area contributed by atoms with Gasteiger partial charge in [0.25, 0.3) is 5.91 Å². The predicted molar refractivity (Wildman–Crippen MR) is 129 cm³/mol. The number of nitrogens with one attached hydrogen (secondary N) is 2. The second kappa shape index (κ2) is 11.8. The molecular weight excluding hydrogens is 462 g/mol. The lowest BCUT2D eigenvalue weighted by atomic mass is 10.1. The Hall–Kier alpha value is -2.22. The Balaban J connectivity index is 0.00000320. The first-order valence-electron chi connectivity index (χ1n) is 9.83. The van der Waals surface area contributed by atoms with Gasteiger partial charge in [-0.25, -0.2) is 4.98 Å². The molecule has 0 aliphatic rings. The summed E-state index contributed by atoms with van der Waals surface area (Å²) in [5, 5.41) is 9.33. The van der Waals surface area contributed by atoms with E-state index in [-0.39, 0.29) is 22.9 Å². The molecule has 0 aliphatic heterocycles. The smallest absolute Gasteiger partial charge is 0.255 e. The van der Waals surface area contributed by atoms with Gasteiger partial charge in [0.05, 0.1) is 12.2 Å². The van der Waals surface area contributed by atoms with E-state index in [4.69, 9.17) is 4.74 Å². The maximum absolute atomic E-state index is 12.9. The van der Waals surface area contributed by atoms with Crippen molar-refractivity contribution < 1.29 is 9.53 Å². The molecule has 2 N–H and O–H groups in total. The highest BCUT2D eigenvalue weighted by Crippen LogP contribution is 2.23. The van der Waals surface area contributed by atoms with Crippen LogP contribution in [0.4, 0.5) is 0 Å². The molecule has 3 rings (SSSR count). The Morgan fingerprint density at radius 2 is 1.93 bits per heavy atom. The summed E-state index contributed by atoms with van der Waals surface area (Å²) in [6.07, 6.45) is 1.80. The number of ether oxygens (including phenoxy) is 1. The second-order valence-corrected chi connectivity index (χ2v) is 7.91. The highest BCUT2D eigenvalue weighted by molar-refractivity contribution is 8.93. The minimum atomic E-state index is -0.139. The maximum Gasteiger partial charge on any atom is 0.255 e. The van der Waals surface area contributed by atoms with Crippen LogP contribution in [0.2, 0.25) is 0 Å². The molecule has 7 heteroatoms.